The van der Waals surface area contributed by atoms with E-state index in [1.165, 1.54) is 29.1 Å². The molecule has 2 aromatic rings. The van der Waals surface area contributed by atoms with Crippen LogP contribution in [0, 0.1) is 11.8 Å². The van der Waals surface area contributed by atoms with Crippen LogP contribution in [0.3, 0.4) is 0 Å². The minimum absolute atomic E-state index is 0.0146. The second-order valence-corrected chi connectivity index (χ2v) is 12.7. The quantitative estimate of drug-likeness (QED) is 0.348. The Labute approximate surface area is 241 Å². The van der Waals surface area contributed by atoms with E-state index >= 15 is 0 Å². The van der Waals surface area contributed by atoms with Crippen molar-refractivity contribution in [3.63, 3.8) is 0 Å². The fourth-order valence-corrected chi connectivity index (χ4v) is 6.30. The Hall–Kier alpha value is -3.49. The molecule has 232 valence electrons. The SMILES string of the molecule is CCOc1nn(CC)cc1S(=O)(=O)N1C[C@H](C[C@H](C(=O)O)C2CC2)Oc2ccc(CC(=O)OC(C)(C)C(F)(F)F)cc21. The topological polar surface area (TPSA) is 137 Å². The van der Waals surface area contributed by atoms with E-state index < -0.39 is 52.2 Å². The number of sulfonamides is 1. The number of ether oxygens (including phenoxy) is 3. The average molecular weight is 618 g/mol. The van der Waals surface area contributed by atoms with Crippen LogP contribution >= 0.6 is 0 Å². The molecule has 42 heavy (non-hydrogen) atoms. The van der Waals surface area contributed by atoms with E-state index in [9.17, 15) is 36.3 Å². The van der Waals surface area contributed by atoms with Gasteiger partial charge in [0.1, 0.15) is 11.9 Å². The normalized spacial score (nSPS) is 18.2. The largest absolute Gasteiger partial charge is 0.486 e. The highest BCUT2D eigenvalue weighted by atomic mass is 32.2. The van der Waals surface area contributed by atoms with Gasteiger partial charge in [-0.15, -0.1) is 5.10 Å². The van der Waals surface area contributed by atoms with Gasteiger partial charge in [-0.3, -0.25) is 18.6 Å². The molecule has 2 aliphatic rings. The van der Waals surface area contributed by atoms with E-state index in [2.05, 4.69) is 9.84 Å². The highest BCUT2D eigenvalue weighted by molar-refractivity contribution is 7.93. The van der Waals surface area contributed by atoms with Crippen LogP contribution in [0.5, 0.6) is 11.6 Å². The van der Waals surface area contributed by atoms with Gasteiger partial charge < -0.3 is 19.3 Å². The zero-order chi connectivity index (χ0) is 31.0. The van der Waals surface area contributed by atoms with Crippen LogP contribution in [0.4, 0.5) is 18.9 Å². The van der Waals surface area contributed by atoms with Crippen molar-refractivity contribution in [2.24, 2.45) is 11.8 Å². The summed E-state index contributed by atoms with van der Waals surface area (Å²) in [7, 11) is -4.37. The second-order valence-electron chi connectivity index (χ2n) is 10.8. The molecule has 0 radical (unpaired) electrons. The Balaban J connectivity index is 1.71. The Kier molecular flexibility index (Phi) is 8.72. The first-order valence-electron chi connectivity index (χ1n) is 13.6. The van der Waals surface area contributed by atoms with Crippen molar-refractivity contribution in [2.75, 3.05) is 17.5 Å². The highest BCUT2D eigenvalue weighted by Crippen LogP contribution is 2.44. The molecule has 0 unspecified atom stereocenters. The number of carboxylic acids is 1. The molecule has 1 fully saturated rings. The summed E-state index contributed by atoms with van der Waals surface area (Å²) in [5, 5.41) is 14.0. The Morgan fingerprint density at radius 2 is 1.90 bits per heavy atom. The lowest BCUT2D eigenvalue weighted by Gasteiger charge is -2.36. The van der Waals surface area contributed by atoms with Gasteiger partial charge >= 0.3 is 18.1 Å². The number of carbonyl (C=O) groups is 2. The summed E-state index contributed by atoms with van der Waals surface area (Å²) in [5.41, 5.74) is -2.49. The number of anilines is 1. The Bertz CT molecular complexity index is 1440. The first kappa shape index (κ1) is 31.4. The molecule has 0 saturated heterocycles. The molecule has 11 nitrogen and oxygen atoms in total. The molecule has 1 saturated carbocycles. The van der Waals surface area contributed by atoms with Gasteiger partial charge in [-0.05, 0) is 70.6 Å². The van der Waals surface area contributed by atoms with E-state index in [1.807, 2.05) is 0 Å². The number of halogens is 3. The van der Waals surface area contributed by atoms with Crippen LogP contribution < -0.4 is 13.8 Å². The van der Waals surface area contributed by atoms with Gasteiger partial charge in [0.15, 0.2) is 4.90 Å². The maximum absolute atomic E-state index is 14.1. The van der Waals surface area contributed by atoms with Gasteiger partial charge in [-0.25, -0.2) is 8.42 Å². The van der Waals surface area contributed by atoms with Crippen LogP contribution in [0.15, 0.2) is 29.3 Å². The highest BCUT2D eigenvalue weighted by Gasteiger charge is 2.51. The average Bonchev–Trinajstić information content (AvgIpc) is 3.64. The number of nitrogens with zero attached hydrogens (tertiary/aromatic N) is 3. The third-order valence-electron chi connectivity index (χ3n) is 7.25. The summed E-state index contributed by atoms with van der Waals surface area (Å²) in [5.74, 6) is -2.87. The third kappa shape index (κ3) is 6.60. The lowest BCUT2D eigenvalue weighted by atomic mass is 9.95. The molecule has 0 bridgehead atoms. The van der Waals surface area contributed by atoms with E-state index in [0.29, 0.717) is 6.54 Å². The van der Waals surface area contributed by atoms with Gasteiger partial charge in [0, 0.05) is 12.7 Å². The van der Waals surface area contributed by atoms with Crippen molar-refractivity contribution in [1.82, 2.24) is 9.78 Å². The lowest BCUT2D eigenvalue weighted by Crippen LogP contribution is -2.45. The van der Waals surface area contributed by atoms with Crippen LogP contribution in [-0.4, -0.2) is 66.3 Å². The summed E-state index contributed by atoms with van der Waals surface area (Å²) in [4.78, 5) is 24.1. The molecule has 1 N–H and O–H groups in total. The van der Waals surface area contributed by atoms with Crippen LogP contribution in [0.2, 0.25) is 0 Å². The van der Waals surface area contributed by atoms with Crippen molar-refractivity contribution in [2.45, 2.75) is 82.7 Å². The van der Waals surface area contributed by atoms with Crippen molar-refractivity contribution in [3.05, 3.63) is 30.0 Å². The molecular formula is C27H34F3N3O8S. The first-order chi connectivity index (χ1) is 19.6. The molecule has 2 atom stereocenters. The predicted octanol–water partition coefficient (Wildman–Crippen LogP) is 4.19. The van der Waals surface area contributed by atoms with Crippen LogP contribution in [-0.2, 0) is 37.3 Å². The second kappa shape index (κ2) is 11.7. The standard InChI is InChI=1S/C27H34F3N3O8S/c1-5-32-15-22(24(31-32)39-6-2)42(37,38)33-14-18(13-19(25(35)36)17-8-9-17)40-21-10-7-16(11-20(21)33)12-23(34)41-26(3,4)27(28,29)30/h7,10-11,15,17-19H,5-6,8-9,12-14H2,1-4H3,(H,35,36)/t18-,19-/m0/s1. The summed E-state index contributed by atoms with van der Waals surface area (Å²) >= 11 is 0. The molecule has 1 aromatic carbocycles. The summed E-state index contributed by atoms with van der Waals surface area (Å²) in [6.45, 7) is 5.18. The van der Waals surface area contributed by atoms with Gasteiger partial charge in [0.25, 0.3) is 15.9 Å². The maximum Gasteiger partial charge on any atom is 0.427 e. The van der Waals surface area contributed by atoms with Gasteiger partial charge in [-0.2, -0.15) is 13.2 Å². The zero-order valence-corrected chi connectivity index (χ0v) is 24.5. The predicted molar refractivity (Wildman–Crippen MR) is 143 cm³/mol. The molecule has 4 rings (SSSR count). The number of benzene rings is 1. The van der Waals surface area contributed by atoms with Crippen LogP contribution in [0.25, 0.3) is 0 Å². The van der Waals surface area contributed by atoms with Gasteiger partial charge in [0.05, 0.1) is 31.2 Å². The smallest absolute Gasteiger partial charge is 0.427 e. The van der Waals surface area contributed by atoms with E-state index in [0.717, 1.165) is 31.0 Å². The molecular weight excluding hydrogens is 583 g/mol. The number of esters is 1. The third-order valence-corrected chi connectivity index (χ3v) is 9.01. The first-order valence-corrected chi connectivity index (χ1v) is 15.0. The molecule has 15 heteroatoms. The van der Waals surface area contributed by atoms with Crippen LogP contribution in [0.1, 0.15) is 52.5 Å². The van der Waals surface area contributed by atoms with Crippen molar-refractivity contribution in [3.8, 4) is 11.6 Å². The number of rotatable bonds is 12. The maximum atomic E-state index is 14.1. The number of fused-ring (bicyclic) bond motifs is 1. The summed E-state index contributed by atoms with van der Waals surface area (Å²) in [6, 6.07) is 4.17. The number of carbonyl (C=O) groups excluding carboxylic acids is 1. The Morgan fingerprint density at radius 3 is 2.48 bits per heavy atom. The Morgan fingerprint density at radius 1 is 1.21 bits per heavy atom. The van der Waals surface area contributed by atoms with Gasteiger partial charge in [-0.1, -0.05) is 6.07 Å². The number of hydrogen-bond acceptors (Lipinski definition) is 8. The fourth-order valence-electron chi connectivity index (χ4n) is 4.72. The molecule has 1 aliphatic heterocycles. The number of hydrogen-bond donors (Lipinski definition) is 1. The number of alkyl halides is 3. The zero-order valence-electron chi connectivity index (χ0n) is 23.7. The molecule has 1 aromatic heterocycles. The molecule has 0 spiro atoms. The monoisotopic (exact) mass is 617 g/mol. The minimum atomic E-state index is -4.79. The van der Waals surface area contributed by atoms with E-state index in [-0.39, 0.29) is 53.3 Å². The van der Waals surface area contributed by atoms with Crippen molar-refractivity contribution < 1.29 is 50.5 Å². The van der Waals surface area contributed by atoms with Gasteiger partial charge in [0.2, 0.25) is 5.60 Å². The molecule has 2 heterocycles. The lowest BCUT2D eigenvalue weighted by molar-refractivity contribution is -0.257. The van der Waals surface area contributed by atoms with E-state index in [4.69, 9.17) is 9.47 Å². The molecule has 0 amide bonds. The summed E-state index contributed by atoms with van der Waals surface area (Å²) < 4.78 is 86.6. The van der Waals surface area contributed by atoms with Crippen molar-refractivity contribution in [1.29, 1.82) is 0 Å². The molecule has 1 aliphatic carbocycles. The number of aryl methyl sites for hydroxylation is 1. The van der Waals surface area contributed by atoms with E-state index in [1.54, 1.807) is 13.8 Å². The fraction of sp³-hybridized carbons (Fsp3) is 0.593. The number of carboxylic acid groups (broad SMARTS) is 1. The number of aromatic nitrogens is 2. The number of aliphatic carboxylic acids is 1. The van der Waals surface area contributed by atoms with Crippen molar-refractivity contribution >= 4 is 27.6 Å². The minimum Gasteiger partial charge on any atom is -0.486 e. The summed E-state index contributed by atoms with van der Waals surface area (Å²) in [6.07, 6.45) is -3.24.